The van der Waals surface area contributed by atoms with Gasteiger partial charge in [0.05, 0.1) is 17.5 Å². The lowest BCUT2D eigenvalue weighted by Crippen LogP contribution is -2.38. The van der Waals surface area contributed by atoms with Gasteiger partial charge in [-0.1, -0.05) is 23.7 Å². The molecule has 1 aromatic rings. The van der Waals surface area contributed by atoms with Crippen molar-refractivity contribution in [3.63, 3.8) is 0 Å². The molecular formula is C14H13ClN2O2. The van der Waals surface area contributed by atoms with Crippen LogP contribution in [0, 0.1) is 17.2 Å². The molecule has 0 unspecified atom stereocenters. The number of hydrogen-bond donors (Lipinski definition) is 1. The molecular weight excluding hydrogens is 264 g/mol. The van der Waals surface area contributed by atoms with Crippen LogP contribution in [-0.4, -0.2) is 28.2 Å². The average molecular weight is 277 g/mol. The summed E-state index contributed by atoms with van der Waals surface area (Å²) >= 11 is 5.99. The lowest BCUT2D eigenvalue weighted by atomic mass is 9.85. The molecule has 3 rings (SSSR count). The van der Waals surface area contributed by atoms with Crippen molar-refractivity contribution in [2.45, 2.75) is 24.3 Å². The highest BCUT2D eigenvalue weighted by atomic mass is 35.5. The van der Waals surface area contributed by atoms with Gasteiger partial charge in [0.25, 0.3) is 0 Å². The number of nitriles is 1. The third kappa shape index (κ3) is 1.77. The lowest BCUT2D eigenvalue weighted by molar-refractivity contribution is 0.131. The van der Waals surface area contributed by atoms with E-state index in [2.05, 4.69) is 6.07 Å². The van der Waals surface area contributed by atoms with Gasteiger partial charge in [-0.2, -0.15) is 5.26 Å². The minimum Gasteiger partial charge on any atom is -0.465 e. The zero-order valence-electron chi connectivity index (χ0n) is 10.2. The standard InChI is InChI=1S/C14H13ClN2O2/c15-10-3-1-2-9(6-10)11-8-17(13(18)19)14(4-5-14)12(11)7-16/h1-3,6,11-12H,4-5,8H2,(H,18,19)/t11-,12-/m0/s1. The summed E-state index contributed by atoms with van der Waals surface area (Å²) in [6.45, 7) is 0.383. The number of amides is 1. The number of likely N-dealkylation sites (tertiary alicyclic amines) is 1. The number of nitrogens with zero attached hydrogens (tertiary/aromatic N) is 2. The molecule has 2 aliphatic rings. The van der Waals surface area contributed by atoms with Crippen LogP contribution >= 0.6 is 11.6 Å². The molecule has 0 radical (unpaired) electrons. The van der Waals surface area contributed by atoms with Gasteiger partial charge in [0, 0.05) is 17.5 Å². The van der Waals surface area contributed by atoms with Crippen LogP contribution in [0.1, 0.15) is 24.3 Å². The normalized spacial score (nSPS) is 27.3. The molecule has 2 atom stereocenters. The first-order valence-corrected chi connectivity index (χ1v) is 6.62. The molecule has 0 bridgehead atoms. The summed E-state index contributed by atoms with van der Waals surface area (Å²) in [4.78, 5) is 12.8. The van der Waals surface area contributed by atoms with Crippen LogP contribution in [0.4, 0.5) is 4.79 Å². The van der Waals surface area contributed by atoms with Crippen LogP contribution in [0.3, 0.4) is 0 Å². The Balaban J connectivity index is 1.99. The van der Waals surface area contributed by atoms with Crippen molar-refractivity contribution < 1.29 is 9.90 Å². The van der Waals surface area contributed by atoms with Crippen LogP contribution in [-0.2, 0) is 0 Å². The average Bonchev–Trinajstić information content (AvgIpc) is 3.05. The van der Waals surface area contributed by atoms with Crippen LogP contribution in [0.25, 0.3) is 0 Å². The second-order valence-electron chi connectivity index (χ2n) is 5.27. The molecule has 0 aromatic heterocycles. The molecule has 1 heterocycles. The number of halogens is 1. The largest absolute Gasteiger partial charge is 0.465 e. The summed E-state index contributed by atoms with van der Waals surface area (Å²) in [7, 11) is 0. The maximum absolute atomic E-state index is 11.4. The van der Waals surface area contributed by atoms with E-state index >= 15 is 0 Å². The van der Waals surface area contributed by atoms with Crippen molar-refractivity contribution in [3.8, 4) is 6.07 Å². The fourth-order valence-electron chi connectivity index (χ4n) is 3.25. The Morgan fingerprint density at radius 2 is 2.26 bits per heavy atom. The van der Waals surface area contributed by atoms with E-state index in [1.807, 2.05) is 18.2 Å². The summed E-state index contributed by atoms with van der Waals surface area (Å²) in [5, 5.41) is 19.4. The van der Waals surface area contributed by atoms with Gasteiger partial charge in [-0.15, -0.1) is 0 Å². The van der Waals surface area contributed by atoms with Gasteiger partial charge in [0.15, 0.2) is 0 Å². The van der Waals surface area contributed by atoms with Crippen LogP contribution in [0.15, 0.2) is 24.3 Å². The van der Waals surface area contributed by atoms with Crippen molar-refractivity contribution in [2.24, 2.45) is 5.92 Å². The fraction of sp³-hybridized carbons (Fsp3) is 0.429. The summed E-state index contributed by atoms with van der Waals surface area (Å²) < 4.78 is 0. The van der Waals surface area contributed by atoms with Gasteiger partial charge in [0.2, 0.25) is 0 Å². The topological polar surface area (TPSA) is 64.3 Å². The van der Waals surface area contributed by atoms with E-state index < -0.39 is 11.6 Å². The number of carbonyl (C=O) groups is 1. The SMILES string of the molecule is N#C[C@H]1[C@H](c2cccc(Cl)c2)CN(C(=O)O)C12CC2. The number of benzene rings is 1. The van der Waals surface area contributed by atoms with Gasteiger partial charge in [0.1, 0.15) is 0 Å². The molecule has 2 fully saturated rings. The molecule has 5 heteroatoms. The molecule has 1 saturated heterocycles. The van der Waals surface area contributed by atoms with Crippen molar-refractivity contribution in [3.05, 3.63) is 34.9 Å². The zero-order chi connectivity index (χ0) is 13.6. The van der Waals surface area contributed by atoms with E-state index in [0.717, 1.165) is 18.4 Å². The first kappa shape index (κ1) is 12.3. The first-order valence-electron chi connectivity index (χ1n) is 6.24. The maximum Gasteiger partial charge on any atom is 0.407 e. The molecule has 98 valence electrons. The first-order chi connectivity index (χ1) is 9.08. The summed E-state index contributed by atoms with van der Waals surface area (Å²) in [5.41, 5.74) is 0.502. The fourth-order valence-corrected chi connectivity index (χ4v) is 3.45. The summed E-state index contributed by atoms with van der Waals surface area (Å²) in [6.07, 6.45) is 0.644. The third-order valence-corrected chi connectivity index (χ3v) is 4.54. The molecule has 1 spiro atoms. The predicted molar refractivity (Wildman–Crippen MR) is 70.0 cm³/mol. The number of rotatable bonds is 1. The van der Waals surface area contributed by atoms with Gasteiger partial charge in [-0.3, -0.25) is 0 Å². The highest BCUT2D eigenvalue weighted by molar-refractivity contribution is 6.30. The Hall–Kier alpha value is -1.73. The van der Waals surface area contributed by atoms with Crippen molar-refractivity contribution in [1.82, 2.24) is 4.90 Å². The van der Waals surface area contributed by atoms with Crippen LogP contribution < -0.4 is 0 Å². The molecule has 1 amide bonds. The number of carboxylic acid groups (broad SMARTS) is 1. The van der Waals surface area contributed by atoms with Crippen LogP contribution in [0.2, 0.25) is 5.02 Å². The molecule has 1 aromatic carbocycles. The Morgan fingerprint density at radius 1 is 1.53 bits per heavy atom. The van der Waals surface area contributed by atoms with Crippen LogP contribution in [0.5, 0.6) is 0 Å². The van der Waals surface area contributed by atoms with E-state index in [0.29, 0.717) is 11.6 Å². The Kier molecular flexibility index (Phi) is 2.68. The Bertz CT molecular complexity index is 577. The van der Waals surface area contributed by atoms with E-state index in [-0.39, 0.29) is 11.8 Å². The third-order valence-electron chi connectivity index (χ3n) is 4.31. The smallest absolute Gasteiger partial charge is 0.407 e. The lowest BCUT2D eigenvalue weighted by Gasteiger charge is -2.22. The maximum atomic E-state index is 11.4. The van der Waals surface area contributed by atoms with E-state index in [9.17, 15) is 15.2 Å². The Morgan fingerprint density at radius 3 is 2.79 bits per heavy atom. The molecule has 1 aliphatic heterocycles. The molecule has 4 nitrogen and oxygen atoms in total. The zero-order valence-corrected chi connectivity index (χ0v) is 11.0. The van der Waals surface area contributed by atoms with Gasteiger partial charge < -0.3 is 10.0 Å². The quantitative estimate of drug-likeness (QED) is 0.857. The van der Waals surface area contributed by atoms with Crippen molar-refractivity contribution in [1.29, 1.82) is 5.26 Å². The van der Waals surface area contributed by atoms with Gasteiger partial charge in [-0.25, -0.2) is 4.79 Å². The summed E-state index contributed by atoms with van der Waals surface area (Å²) in [6, 6.07) is 9.70. The minimum absolute atomic E-state index is 0.0812. The van der Waals surface area contributed by atoms with E-state index in [4.69, 9.17) is 11.6 Å². The molecule has 1 saturated carbocycles. The minimum atomic E-state index is -0.928. The second kappa shape index (κ2) is 4.14. The predicted octanol–water partition coefficient (Wildman–Crippen LogP) is 3.09. The van der Waals surface area contributed by atoms with Crippen molar-refractivity contribution in [2.75, 3.05) is 6.54 Å². The van der Waals surface area contributed by atoms with E-state index in [1.165, 1.54) is 4.90 Å². The van der Waals surface area contributed by atoms with Crippen molar-refractivity contribution >= 4 is 17.7 Å². The highest BCUT2D eigenvalue weighted by Crippen LogP contribution is 2.57. The summed E-state index contributed by atoms with van der Waals surface area (Å²) in [5.74, 6) is -0.357. The highest BCUT2D eigenvalue weighted by Gasteiger charge is 2.63. The Labute approximate surface area is 116 Å². The number of hydrogen-bond acceptors (Lipinski definition) is 2. The molecule has 1 aliphatic carbocycles. The van der Waals surface area contributed by atoms with Gasteiger partial charge >= 0.3 is 6.09 Å². The van der Waals surface area contributed by atoms with E-state index in [1.54, 1.807) is 6.07 Å². The molecule has 19 heavy (non-hydrogen) atoms. The van der Waals surface area contributed by atoms with Gasteiger partial charge in [-0.05, 0) is 30.5 Å². The second-order valence-corrected chi connectivity index (χ2v) is 5.70. The molecule has 1 N–H and O–H groups in total. The monoisotopic (exact) mass is 276 g/mol.